The summed E-state index contributed by atoms with van der Waals surface area (Å²) in [6.45, 7) is 1.67. The van der Waals surface area contributed by atoms with E-state index in [1.165, 1.54) is 22.3 Å². The van der Waals surface area contributed by atoms with E-state index in [9.17, 15) is 13.2 Å². The zero-order valence-electron chi connectivity index (χ0n) is 17.2. The minimum absolute atomic E-state index is 0.148. The van der Waals surface area contributed by atoms with Crippen LogP contribution in [0.3, 0.4) is 0 Å². The van der Waals surface area contributed by atoms with Gasteiger partial charge < -0.3 is 14.4 Å². The van der Waals surface area contributed by atoms with Crippen LogP contribution in [0.4, 0.5) is 0 Å². The average molecular weight is 483 g/mol. The maximum Gasteiger partial charge on any atom is 0.277 e. The van der Waals surface area contributed by atoms with E-state index in [4.69, 9.17) is 21.1 Å². The topological polar surface area (TPSA) is 77.8 Å². The highest BCUT2D eigenvalue weighted by Gasteiger charge is 2.22. The molecule has 0 aliphatic carbocycles. The van der Waals surface area contributed by atoms with Gasteiger partial charge in [0.15, 0.2) is 0 Å². The summed E-state index contributed by atoms with van der Waals surface area (Å²) in [5, 5.41) is 0.720. The second-order valence-electron chi connectivity index (χ2n) is 6.61. The van der Waals surface area contributed by atoms with E-state index in [0.29, 0.717) is 41.7 Å². The second kappa shape index (κ2) is 10.4. The Morgan fingerprint density at radius 2 is 1.81 bits per heavy atom. The fraction of sp³-hybridized carbons (Fsp3) is 0.286. The summed E-state index contributed by atoms with van der Waals surface area (Å²) in [5.74, 6) is -0.209. The summed E-state index contributed by atoms with van der Waals surface area (Å²) < 4.78 is 38.2. The molecular formula is C21H23ClN2O5S2. The third-order valence-corrected chi connectivity index (χ3v) is 7.99. The van der Waals surface area contributed by atoms with Crippen LogP contribution in [0, 0.1) is 0 Å². The quantitative estimate of drug-likeness (QED) is 0.411. The van der Waals surface area contributed by atoms with Gasteiger partial charge in [-0.1, -0.05) is 29.8 Å². The molecule has 1 amide bonds. The molecule has 31 heavy (non-hydrogen) atoms. The fourth-order valence-electron chi connectivity index (χ4n) is 3.04. The number of hydrogen-bond acceptors (Lipinski definition) is 6. The maximum atomic E-state index is 13.1. The smallest absolute Gasteiger partial charge is 0.277 e. The summed E-state index contributed by atoms with van der Waals surface area (Å²) in [6, 6.07) is 10.2. The van der Waals surface area contributed by atoms with Crippen molar-refractivity contribution in [1.29, 1.82) is 0 Å². The first-order valence-electron chi connectivity index (χ1n) is 9.44. The summed E-state index contributed by atoms with van der Waals surface area (Å²) in [5.41, 5.74) is 1.14. The van der Waals surface area contributed by atoms with Crippen LogP contribution in [-0.4, -0.2) is 63.7 Å². The first kappa shape index (κ1) is 23.5. The zero-order chi connectivity index (χ0) is 22.4. The minimum atomic E-state index is -3.81. The summed E-state index contributed by atoms with van der Waals surface area (Å²) >= 11 is 6.94. The van der Waals surface area contributed by atoms with Gasteiger partial charge in [0.05, 0.1) is 23.1 Å². The molecule has 0 bridgehead atoms. The largest absolute Gasteiger partial charge is 0.383 e. The highest BCUT2D eigenvalue weighted by atomic mass is 35.5. The molecule has 2 aromatic heterocycles. The number of rotatable bonds is 10. The van der Waals surface area contributed by atoms with Crippen molar-refractivity contribution in [2.24, 2.45) is 0 Å². The number of hydrogen-bond donors (Lipinski definition) is 0. The zero-order valence-corrected chi connectivity index (χ0v) is 19.5. The van der Waals surface area contributed by atoms with E-state index >= 15 is 0 Å². The van der Waals surface area contributed by atoms with Crippen LogP contribution in [0.2, 0.25) is 4.34 Å². The van der Waals surface area contributed by atoms with E-state index in [-0.39, 0.29) is 10.1 Å². The van der Waals surface area contributed by atoms with Crippen molar-refractivity contribution in [3.8, 4) is 0 Å². The molecule has 0 fully saturated rings. The van der Waals surface area contributed by atoms with Gasteiger partial charge in [0.1, 0.15) is 4.21 Å². The molecule has 3 aromatic rings. The Bertz CT molecular complexity index is 1180. The molecule has 7 nitrogen and oxygen atoms in total. The van der Waals surface area contributed by atoms with E-state index < -0.39 is 10.0 Å². The van der Waals surface area contributed by atoms with Crippen LogP contribution in [-0.2, 0) is 24.3 Å². The lowest BCUT2D eigenvalue weighted by molar-refractivity contribution is -0.127. The number of aromatic nitrogens is 1. The highest BCUT2D eigenvalue weighted by molar-refractivity contribution is 7.92. The highest BCUT2D eigenvalue weighted by Crippen LogP contribution is 2.31. The van der Waals surface area contributed by atoms with Gasteiger partial charge in [0.25, 0.3) is 10.0 Å². The van der Waals surface area contributed by atoms with Crippen LogP contribution in [0.1, 0.15) is 5.56 Å². The third-order valence-electron chi connectivity index (χ3n) is 4.62. The van der Waals surface area contributed by atoms with Crippen LogP contribution >= 0.6 is 22.9 Å². The predicted octanol–water partition coefficient (Wildman–Crippen LogP) is 3.73. The Hall–Kier alpha value is -2.17. The van der Waals surface area contributed by atoms with Gasteiger partial charge in [-0.15, -0.1) is 11.3 Å². The van der Waals surface area contributed by atoms with E-state index in [0.717, 1.165) is 16.7 Å². The van der Waals surface area contributed by atoms with Gasteiger partial charge in [0.2, 0.25) is 5.91 Å². The lowest BCUT2D eigenvalue weighted by atomic mass is 10.1. The Balaban J connectivity index is 1.95. The van der Waals surface area contributed by atoms with Crippen LogP contribution in [0.15, 0.2) is 52.9 Å². The van der Waals surface area contributed by atoms with E-state index in [2.05, 4.69) is 0 Å². The van der Waals surface area contributed by atoms with Crippen molar-refractivity contribution in [1.82, 2.24) is 8.87 Å². The molecule has 166 valence electrons. The SMILES string of the molecule is COCCN(CCOC)C(=O)/C=C/c1cn(S(=O)(=O)c2ccc(Cl)s2)c2ccccc12. The molecule has 0 aliphatic rings. The number of halogens is 1. The Morgan fingerprint density at radius 3 is 2.42 bits per heavy atom. The number of carbonyl (C=O) groups excluding carboxylic acids is 1. The molecule has 3 rings (SSSR count). The lowest BCUT2D eigenvalue weighted by Crippen LogP contribution is -2.35. The number of methoxy groups -OCH3 is 2. The number of para-hydroxylation sites is 1. The molecular weight excluding hydrogens is 460 g/mol. The molecule has 0 saturated carbocycles. The normalized spacial score (nSPS) is 12.1. The summed E-state index contributed by atoms with van der Waals surface area (Å²) in [7, 11) is -0.666. The third kappa shape index (κ3) is 5.36. The summed E-state index contributed by atoms with van der Waals surface area (Å²) in [6.07, 6.45) is 4.59. The monoisotopic (exact) mass is 482 g/mol. The van der Waals surface area contributed by atoms with Crippen LogP contribution in [0.5, 0.6) is 0 Å². The van der Waals surface area contributed by atoms with Crippen molar-refractivity contribution in [2.45, 2.75) is 4.21 Å². The number of fused-ring (bicyclic) bond motifs is 1. The van der Waals surface area contributed by atoms with Gasteiger partial charge in [-0.25, -0.2) is 3.97 Å². The number of thiophene rings is 1. The molecule has 0 spiro atoms. The number of amides is 1. The molecule has 1 aromatic carbocycles. The minimum Gasteiger partial charge on any atom is -0.383 e. The van der Waals surface area contributed by atoms with Crippen LogP contribution in [0.25, 0.3) is 17.0 Å². The molecule has 0 N–H and O–H groups in total. The molecule has 0 saturated heterocycles. The van der Waals surface area contributed by atoms with Gasteiger partial charge in [0, 0.05) is 50.5 Å². The second-order valence-corrected chi connectivity index (χ2v) is 10.4. The van der Waals surface area contributed by atoms with Gasteiger partial charge in [-0.2, -0.15) is 8.42 Å². The number of benzene rings is 1. The standard InChI is InChI=1S/C21H23ClN2O5S2/c1-28-13-11-23(12-14-29-2)20(25)9-7-16-15-24(18-6-4-3-5-17(16)18)31(26,27)21-10-8-19(22)30-21/h3-10,15H,11-14H2,1-2H3/b9-7+. The lowest BCUT2D eigenvalue weighted by Gasteiger charge is -2.20. The van der Waals surface area contributed by atoms with E-state index in [1.807, 2.05) is 12.1 Å². The van der Waals surface area contributed by atoms with Crippen molar-refractivity contribution in [3.63, 3.8) is 0 Å². The molecule has 0 aliphatic heterocycles. The van der Waals surface area contributed by atoms with Crippen molar-refractivity contribution < 1.29 is 22.7 Å². The van der Waals surface area contributed by atoms with Crippen LogP contribution < -0.4 is 0 Å². The number of carbonyl (C=O) groups is 1. The summed E-state index contributed by atoms with van der Waals surface area (Å²) in [4.78, 5) is 14.3. The van der Waals surface area contributed by atoms with Crippen molar-refractivity contribution in [3.05, 3.63) is 58.6 Å². The molecule has 0 atom stereocenters. The van der Waals surface area contributed by atoms with Crippen molar-refractivity contribution >= 4 is 55.8 Å². The Morgan fingerprint density at radius 1 is 1.13 bits per heavy atom. The Labute approximate surface area is 190 Å². The molecule has 0 unspecified atom stereocenters. The number of ether oxygens (including phenoxy) is 2. The van der Waals surface area contributed by atoms with Gasteiger partial charge >= 0.3 is 0 Å². The van der Waals surface area contributed by atoms with E-state index in [1.54, 1.807) is 43.4 Å². The average Bonchev–Trinajstić information content (AvgIpc) is 3.37. The molecule has 0 radical (unpaired) electrons. The number of nitrogens with zero attached hydrogens (tertiary/aromatic N) is 2. The van der Waals surface area contributed by atoms with Crippen molar-refractivity contribution in [2.75, 3.05) is 40.5 Å². The molecule has 2 heterocycles. The first-order chi connectivity index (χ1) is 14.9. The fourth-order valence-corrected chi connectivity index (χ4v) is 5.99. The maximum absolute atomic E-state index is 13.1. The molecule has 10 heteroatoms. The van der Waals surface area contributed by atoms with Gasteiger partial charge in [-0.05, 0) is 24.3 Å². The first-order valence-corrected chi connectivity index (χ1v) is 12.1. The predicted molar refractivity (Wildman–Crippen MR) is 123 cm³/mol. The Kier molecular flexibility index (Phi) is 7.90. The van der Waals surface area contributed by atoms with Gasteiger partial charge in [-0.3, -0.25) is 4.79 Å².